The van der Waals surface area contributed by atoms with Gasteiger partial charge in [0.05, 0.1) is 10.9 Å². The fourth-order valence-corrected chi connectivity index (χ4v) is 3.04. The fraction of sp³-hybridized carbons (Fsp3) is 0.167. The Balaban J connectivity index is 1.72. The van der Waals surface area contributed by atoms with Gasteiger partial charge in [0.25, 0.3) is 5.91 Å². The summed E-state index contributed by atoms with van der Waals surface area (Å²) in [6.45, 7) is 1.69. The maximum atomic E-state index is 12.0. The van der Waals surface area contributed by atoms with Crippen LogP contribution in [-0.2, 0) is 16.0 Å². The number of carbonyl (C=O) groups excluding carboxylic acids is 2. The summed E-state index contributed by atoms with van der Waals surface area (Å²) in [5, 5.41) is 3.05. The Morgan fingerprint density at radius 3 is 2.59 bits per heavy atom. The largest absolute Gasteiger partial charge is 0.483 e. The summed E-state index contributed by atoms with van der Waals surface area (Å²) in [6.07, 6.45) is 0.191. The number of aryl methyl sites for hydroxylation is 1. The van der Waals surface area contributed by atoms with Crippen LogP contribution in [0.5, 0.6) is 5.75 Å². The molecule has 27 heavy (non-hydrogen) atoms. The number of thiocarbonyl (C=S) groups is 1. The number of hydrogen-bond acceptors (Lipinski definition) is 4. The average molecular weight is 471 g/mol. The van der Waals surface area contributed by atoms with Crippen molar-refractivity contribution in [3.8, 4) is 5.75 Å². The van der Waals surface area contributed by atoms with E-state index in [-0.39, 0.29) is 24.0 Å². The third-order valence-electron chi connectivity index (χ3n) is 3.43. The van der Waals surface area contributed by atoms with Gasteiger partial charge in [-0.3, -0.25) is 20.4 Å². The molecule has 2 aromatic carbocycles. The van der Waals surface area contributed by atoms with E-state index in [1.807, 2.05) is 31.2 Å². The lowest BCUT2D eigenvalue weighted by Gasteiger charge is -2.12. The molecule has 2 aromatic rings. The van der Waals surface area contributed by atoms with E-state index in [1.54, 1.807) is 18.2 Å². The molecule has 0 fully saturated rings. The van der Waals surface area contributed by atoms with Crippen LogP contribution in [0.3, 0.4) is 0 Å². The van der Waals surface area contributed by atoms with E-state index in [1.165, 1.54) is 0 Å². The molecule has 9 heteroatoms. The van der Waals surface area contributed by atoms with Gasteiger partial charge in [0.1, 0.15) is 5.75 Å². The van der Waals surface area contributed by atoms with Crippen LogP contribution in [0.25, 0.3) is 0 Å². The molecule has 0 saturated carbocycles. The van der Waals surface area contributed by atoms with Crippen molar-refractivity contribution >= 4 is 56.7 Å². The first kappa shape index (κ1) is 21.1. The van der Waals surface area contributed by atoms with Crippen molar-refractivity contribution in [1.29, 1.82) is 0 Å². The minimum atomic E-state index is -0.465. The highest BCUT2D eigenvalue weighted by Gasteiger charge is 2.09. The molecule has 2 amide bonds. The minimum Gasteiger partial charge on any atom is -0.483 e. The van der Waals surface area contributed by atoms with Gasteiger partial charge in [-0.1, -0.05) is 35.9 Å². The van der Waals surface area contributed by atoms with Crippen LogP contribution in [0.2, 0.25) is 5.02 Å². The quantitative estimate of drug-likeness (QED) is 0.462. The molecule has 3 N–H and O–H groups in total. The lowest BCUT2D eigenvalue weighted by Crippen LogP contribution is -2.50. The summed E-state index contributed by atoms with van der Waals surface area (Å²) in [5.41, 5.74) is 6.74. The number of benzene rings is 2. The number of halogens is 2. The number of rotatable bonds is 5. The number of carbonyl (C=O) groups is 2. The molecule has 2 rings (SSSR count). The summed E-state index contributed by atoms with van der Waals surface area (Å²) < 4.78 is 6.00. The highest BCUT2D eigenvalue weighted by atomic mass is 79.9. The molecule has 0 spiro atoms. The zero-order valence-corrected chi connectivity index (χ0v) is 17.5. The van der Waals surface area contributed by atoms with Crippen molar-refractivity contribution in [3.05, 3.63) is 63.1 Å². The predicted octanol–water partition coefficient (Wildman–Crippen LogP) is 3.05. The summed E-state index contributed by atoms with van der Waals surface area (Å²) >= 11 is 14.1. The van der Waals surface area contributed by atoms with E-state index < -0.39 is 5.91 Å². The maximum absolute atomic E-state index is 12.0. The maximum Gasteiger partial charge on any atom is 0.276 e. The summed E-state index contributed by atoms with van der Waals surface area (Å²) in [5.74, 6) is -0.270. The number of hydrazine groups is 1. The zero-order chi connectivity index (χ0) is 19.8. The predicted molar refractivity (Wildman–Crippen MR) is 112 cm³/mol. The second-order valence-electron chi connectivity index (χ2n) is 5.52. The van der Waals surface area contributed by atoms with E-state index in [0.717, 1.165) is 11.1 Å². The molecule has 0 aliphatic carbocycles. The Morgan fingerprint density at radius 2 is 1.89 bits per heavy atom. The molecule has 0 atom stereocenters. The standard InChI is InChI=1S/C18H17BrClN3O3S/c1-11-4-2-3-5-12(11)8-16(24)21-18(27)23-22-17(25)10-26-15-7-6-13(20)9-14(15)19/h2-7,9H,8,10H2,1H3,(H,22,25)(H2,21,23,24,27). The Morgan fingerprint density at radius 1 is 1.15 bits per heavy atom. The highest BCUT2D eigenvalue weighted by Crippen LogP contribution is 2.27. The number of nitrogens with one attached hydrogen (secondary N) is 3. The summed E-state index contributed by atoms with van der Waals surface area (Å²) in [4.78, 5) is 23.8. The van der Waals surface area contributed by atoms with Gasteiger partial charge >= 0.3 is 0 Å². The minimum absolute atomic E-state index is 0.00499. The van der Waals surface area contributed by atoms with E-state index >= 15 is 0 Å². The zero-order valence-electron chi connectivity index (χ0n) is 14.3. The van der Waals surface area contributed by atoms with Gasteiger partial charge in [-0.25, -0.2) is 0 Å². The summed E-state index contributed by atoms with van der Waals surface area (Å²) in [7, 11) is 0. The van der Waals surface area contributed by atoms with Crippen molar-refractivity contribution in [3.63, 3.8) is 0 Å². The molecule has 0 aromatic heterocycles. The van der Waals surface area contributed by atoms with Crippen molar-refractivity contribution in [2.75, 3.05) is 6.61 Å². The van der Waals surface area contributed by atoms with Crippen molar-refractivity contribution in [2.24, 2.45) is 0 Å². The van der Waals surface area contributed by atoms with Crippen molar-refractivity contribution in [2.45, 2.75) is 13.3 Å². The molecule has 0 unspecified atom stereocenters. The van der Waals surface area contributed by atoms with Gasteiger partial charge in [-0.2, -0.15) is 0 Å². The molecule has 0 aliphatic heterocycles. The fourth-order valence-electron chi connectivity index (χ4n) is 2.08. The normalized spacial score (nSPS) is 10.0. The van der Waals surface area contributed by atoms with E-state index in [9.17, 15) is 9.59 Å². The second-order valence-corrected chi connectivity index (χ2v) is 7.22. The van der Waals surface area contributed by atoms with E-state index in [4.69, 9.17) is 28.6 Å². The highest BCUT2D eigenvalue weighted by molar-refractivity contribution is 9.10. The van der Waals surface area contributed by atoms with Crippen LogP contribution in [-0.4, -0.2) is 23.5 Å². The molecule has 0 saturated heterocycles. The molecule has 0 radical (unpaired) electrons. The van der Waals surface area contributed by atoms with Gasteiger partial charge in [0, 0.05) is 5.02 Å². The molecular formula is C18H17BrClN3O3S. The lowest BCUT2D eigenvalue weighted by atomic mass is 10.1. The number of ether oxygens (including phenoxy) is 1. The SMILES string of the molecule is Cc1ccccc1CC(=O)NC(=S)NNC(=O)COc1ccc(Cl)cc1Br. The van der Waals surface area contributed by atoms with Crippen LogP contribution in [0.1, 0.15) is 11.1 Å². The van der Waals surface area contributed by atoms with Crippen molar-refractivity contribution < 1.29 is 14.3 Å². The third kappa shape index (κ3) is 7.16. The smallest absolute Gasteiger partial charge is 0.276 e. The first-order valence-corrected chi connectivity index (χ1v) is 9.44. The van der Waals surface area contributed by atoms with Gasteiger partial charge < -0.3 is 10.1 Å². The van der Waals surface area contributed by atoms with Gasteiger partial charge in [-0.05, 0) is 64.4 Å². The Labute approximate surface area is 175 Å². The van der Waals surface area contributed by atoms with Crippen LogP contribution >= 0.6 is 39.7 Å². The van der Waals surface area contributed by atoms with Gasteiger partial charge in [-0.15, -0.1) is 0 Å². The topological polar surface area (TPSA) is 79.5 Å². The van der Waals surface area contributed by atoms with Crippen molar-refractivity contribution in [1.82, 2.24) is 16.2 Å². The Bertz CT molecular complexity index is 863. The van der Waals surface area contributed by atoms with E-state index in [2.05, 4.69) is 32.1 Å². The Kier molecular flexibility index (Phi) is 8.02. The molecule has 142 valence electrons. The van der Waals surface area contributed by atoms with Crippen LogP contribution < -0.4 is 20.9 Å². The molecular weight excluding hydrogens is 454 g/mol. The first-order chi connectivity index (χ1) is 12.8. The van der Waals surface area contributed by atoms with Gasteiger partial charge in [0.2, 0.25) is 5.91 Å². The van der Waals surface area contributed by atoms with Crippen LogP contribution in [0.15, 0.2) is 46.9 Å². The van der Waals surface area contributed by atoms with E-state index in [0.29, 0.717) is 15.2 Å². The molecule has 0 heterocycles. The van der Waals surface area contributed by atoms with Crippen LogP contribution in [0, 0.1) is 6.92 Å². The molecule has 0 aliphatic rings. The van der Waals surface area contributed by atoms with Crippen LogP contribution in [0.4, 0.5) is 0 Å². The average Bonchev–Trinajstić information content (AvgIpc) is 2.61. The third-order valence-corrected chi connectivity index (χ3v) is 4.49. The molecule has 6 nitrogen and oxygen atoms in total. The monoisotopic (exact) mass is 469 g/mol. The first-order valence-electron chi connectivity index (χ1n) is 7.86. The Hall–Kier alpha value is -2.16. The molecule has 0 bridgehead atoms. The lowest BCUT2D eigenvalue weighted by molar-refractivity contribution is -0.124. The number of amides is 2. The second kappa shape index (κ2) is 10.2. The van der Waals surface area contributed by atoms with Gasteiger partial charge in [0.15, 0.2) is 11.7 Å². The number of hydrogen-bond donors (Lipinski definition) is 3. The summed E-state index contributed by atoms with van der Waals surface area (Å²) in [6, 6.07) is 12.5.